The molecule has 2 fully saturated rings. The molecule has 5 heteroatoms. The van der Waals surface area contributed by atoms with Gasteiger partial charge in [-0.3, -0.25) is 0 Å². The lowest BCUT2D eigenvalue weighted by Crippen LogP contribution is -2.46. The summed E-state index contributed by atoms with van der Waals surface area (Å²) in [5.41, 5.74) is -0.349. The third-order valence-corrected chi connectivity index (χ3v) is 4.30. The molecule has 0 bridgehead atoms. The van der Waals surface area contributed by atoms with Crippen molar-refractivity contribution in [3.05, 3.63) is 0 Å². The number of nitriles is 1. The van der Waals surface area contributed by atoms with Gasteiger partial charge >= 0.3 is 6.09 Å². The molecular formula is C14H22N2O3. The highest BCUT2D eigenvalue weighted by atomic mass is 16.5. The van der Waals surface area contributed by atoms with Gasteiger partial charge in [-0.25, -0.2) is 4.79 Å². The molecule has 0 aromatic carbocycles. The molecule has 0 aromatic rings. The third-order valence-electron chi connectivity index (χ3n) is 4.30. The SMILES string of the molecule is CC(C)(C)C1OC2(CCN(C(=O)O)CC2)CC1C#N. The van der Waals surface area contributed by atoms with Crippen molar-refractivity contribution in [3.8, 4) is 6.07 Å². The predicted octanol–water partition coefficient (Wildman–Crippen LogP) is 2.47. The molecule has 0 aromatic heterocycles. The summed E-state index contributed by atoms with van der Waals surface area (Å²) in [5.74, 6) is -0.0867. The summed E-state index contributed by atoms with van der Waals surface area (Å²) in [6, 6.07) is 2.37. The number of carboxylic acid groups (broad SMARTS) is 1. The summed E-state index contributed by atoms with van der Waals surface area (Å²) in [6.45, 7) is 7.28. The van der Waals surface area contributed by atoms with Crippen molar-refractivity contribution in [2.75, 3.05) is 13.1 Å². The normalized spacial score (nSPS) is 30.3. The quantitative estimate of drug-likeness (QED) is 0.731. The van der Waals surface area contributed by atoms with Crippen LogP contribution in [0.3, 0.4) is 0 Å². The topological polar surface area (TPSA) is 73.6 Å². The molecule has 0 aliphatic carbocycles. The largest absolute Gasteiger partial charge is 0.465 e. The second-order valence-corrected chi connectivity index (χ2v) is 6.80. The van der Waals surface area contributed by atoms with Crippen molar-refractivity contribution in [3.63, 3.8) is 0 Å². The first-order valence-electron chi connectivity index (χ1n) is 6.83. The molecule has 2 atom stereocenters. The van der Waals surface area contributed by atoms with E-state index in [-0.39, 0.29) is 23.0 Å². The van der Waals surface area contributed by atoms with Crippen LogP contribution in [0.1, 0.15) is 40.0 Å². The Hall–Kier alpha value is -1.28. The van der Waals surface area contributed by atoms with Crippen LogP contribution in [0.25, 0.3) is 0 Å². The van der Waals surface area contributed by atoms with E-state index in [9.17, 15) is 10.1 Å². The fraction of sp³-hybridized carbons (Fsp3) is 0.857. The minimum absolute atomic E-state index is 0.0612. The molecule has 1 spiro atoms. The van der Waals surface area contributed by atoms with Crippen molar-refractivity contribution < 1.29 is 14.6 Å². The molecule has 0 radical (unpaired) electrons. The number of likely N-dealkylation sites (tertiary alicyclic amines) is 1. The van der Waals surface area contributed by atoms with Gasteiger partial charge in [-0.1, -0.05) is 20.8 Å². The maximum Gasteiger partial charge on any atom is 0.407 e. The Bertz CT molecular complexity index is 400. The number of amides is 1. The Morgan fingerprint density at radius 3 is 2.37 bits per heavy atom. The second-order valence-electron chi connectivity index (χ2n) is 6.80. The van der Waals surface area contributed by atoms with Gasteiger partial charge in [0.1, 0.15) is 0 Å². The molecular weight excluding hydrogens is 244 g/mol. The number of carbonyl (C=O) groups is 1. The molecule has 1 N–H and O–H groups in total. The van der Waals surface area contributed by atoms with E-state index in [1.165, 1.54) is 4.90 Å². The molecule has 2 saturated heterocycles. The molecule has 0 saturated carbocycles. The van der Waals surface area contributed by atoms with Crippen LogP contribution in [0, 0.1) is 22.7 Å². The van der Waals surface area contributed by atoms with E-state index in [1.54, 1.807) is 0 Å². The minimum atomic E-state index is -0.864. The van der Waals surface area contributed by atoms with Crippen LogP contribution in [0.4, 0.5) is 4.79 Å². The fourth-order valence-electron chi connectivity index (χ4n) is 3.23. The minimum Gasteiger partial charge on any atom is -0.465 e. The van der Waals surface area contributed by atoms with Crippen molar-refractivity contribution in [1.82, 2.24) is 4.90 Å². The predicted molar refractivity (Wildman–Crippen MR) is 69.6 cm³/mol. The zero-order valence-electron chi connectivity index (χ0n) is 11.8. The Balaban J connectivity index is 2.08. The standard InChI is InChI=1S/C14H22N2O3/c1-13(2,3)11-10(9-15)8-14(19-11)4-6-16(7-5-14)12(17)18/h10-11H,4-8H2,1-3H3,(H,17,18). The van der Waals surface area contributed by atoms with E-state index >= 15 is 0 Å². The van der Waals surface area contributed by atoms with E-state index in [2.05, 4.69) is 26.8 Å². The van der Waals surface area contributed by atoms with Crippen LogP contribution < -0.4 is 0 Å². The Labute approximate surface area is 114 Å². The lowest BCUT2D eigenvalue weighted by atomic mass is 9.79. The van der Waals surface area contributed by atoms with Gasteiger partial charge in [-0.2, -0.15) is 5.26 Å². The zero-order chi connectivity index (χ0) is 14.3. The van der Waals surface area contributed by atoms with Gasteiger partial charge in [0.25, 0.3) is 0 Å². The summed E-state index contributed by atoms with van der Waals surface area (Å²) in [6.07, 6.45) is 1.21. The maximum atomic E-state index is 10.9. The van der Waals surface area contributed by atoms with Crippen LogP contribution in [0.15, 0.2) is 0 Å². The fourth-order valence-corrected chi connectivity index (χ4v) is 3.23. The first-order chi connectivity index (χ1) is 8.77. The monoisotopic (exact) mass is 266 g/mol. The van der Waals surface area contributed by atoms with Crippen LogP contribution in [-0.2, 0) is 4.74 Å². The molecule has 1 amide bonds. The molecule has 5 nitrogen and oxygen atoms in total. The number of ether oxygens (including phenoxy) is 1. The first kappa shape index (κ1) is 14.1. The average molecular weight is 266 g/mol. The van der Waals surface area contributed by atoms with Crippen LogP contribution in [0.5, 0.6) is 0 Å². The summed E-state index contributed by atoms with van der Waals surface area (Å²) in [4.78, 5) is 12.4. The van der Waals surface area contributed by atoms with Crippen molar-refractivity contribution in [2.45, 2.75) is 51.7 Å². The highest BCUT2D eigenvalue weighted by Crippen LogP contribution is 2.47. The molecule has 106 valence electrons. The molecule has 2 rings (SSSR count). The van der Waals surface area contributed by atoms with E-state index < -0.39 is 6.09 Å². The second kappa shape index (κ2) is 4.68. The Kier molecular flexibility index (Phi) is 3.48. The highest BCUT2D eigenvalue weighted by molar-refractivity contribution is 5.65. The molecule has 2 heterocycles. The highest BCUT2D eigenvalue weighted by Gasteiger charge is 2.51. The van der Waals surface area contributed by atoms with Gasteiger partial charge in [-0.15, -0.1) is 0 Å². The van der Waals surface area contributed by atoms with Gasteiger partial charge in [0, 0.05) is 13.1 Å². The van der Waals surface area contributed by atoms with Gasteiger partial charge in [-0.05, 0) is 24.7 Å². The molecule has 2 aliphatic heterocycles. The molecule has 2 aliphatic rings. The first-order valence-corrected chi connectivity index (χ1v) is 6.83. The lowest BCUT2D eigenvalue weighted by molar-refractivity contribution is -0.106. The van der Waals surface area contributed by atoms with Crippen molar-refractivity contribution in [2.24, 2.45) is 11.3 Å². The average Bonchev–Trinajstić information content (AvgIpc) is 2.68. The Morgan fingerprint density at radius 2 is 2.00 bits per heavy atom. The van der Waals surface area contributed by atoms with E-state index in [1.807, 2.05) is 0 Å². The number of rotatable bonds is 0. The van der Waals surface area contributed by atoms with Crippen molar-refractivity contribution >= 4 is 6.09 Å². The van der Waals surface area contributed by atoms with Crippen LogP contribution in [-0.4, -0.2) is 40.9 Å². The maximum absolute atomic E-state index is 10.9. The van der Waals surface area contributed by atoms with Gasteiger partial charge in [0.2, 0.25) is 0 Å². The zero-order valence-corrected chi connectivity index (χ0v) is 11.8. The number of hydrogen-bond acceptors (Lipinski definition) is 3. The van der Waals surface area contributed by atoms with Gasteiger partial charge in [0.15, 0.2) is 0 Å². The summed E-state index contributed by atoms with van der Waals surface area (Å²) in [7, 11) is 0. The van der Waals surface area contributed by atoms with Crippen molar-refractivity contribution in [1.29, 1.82) is 5.26 Å². The third kappa shape index (κ3) is 2.69. The number of hydrogen-bond donors (Lipinski definition) is 1. The van der Waals surface area contributed by atoms with E-state index in [0.29, 0.717) is 25.9 Å². The number of nitrogens with zero attached hydrogens (tertiary/aromatic N) is 2. The van der Waals surface area contributed by atoms with E-state index in [4.69, 9.17) is 9.84 Å². The van der Waals surface area contributed by atoms with Crippen LogP contribution >= 0.6 is 0 Å². The molecule has 19 heavy (non-hydrogen) atoms. The summed E-state index contributed by atoms with van der Waals surface area (Å²) >= 11 is 0. The summed E-state index contributed by atoms with van der Waals surface area (Å²) in [5, 5.41) is 18.3. The van der Waals surface area contributed by atoms with Gasteiger partial charge < -0.3 is 14.7 Å². The number of piperidine rings is 1. The van der Waals surface area contributed by atoms with Gasteiger partial charge in [0.05, 0.1) is 23.7 Å². The smallest absolute Gasteiger partial charge is 0.407 e. The lowest BCUT2D eigenvalue weighted by Gasteiger charge is -2.39. The Morgan fingerprint density at radius 1 is 1.42 bits per heavy atom. The molecule has 2 unspecified atom stereocenters. The summed E-state index contributed by atoms with van der Waals surface area (Å²) < 4.78 is 6.24. The van der Waals surface area contributed by atoms with E-state index in [0.717, 1.165) is 6.42 Å². The van der Waals surface area contributed by atoms with Crippen LogP contribution in [0.2, 0.25) is 0 Å².